The Morgan fingerprint density at radius 1 is 1.53 bits per heavy atom. The van der Waals surface area contributed by atoms with Crippen LogP contribution in [0, 0.1) is 0 Å². The van der Waals surface area contributed by atoms with Crippen molar-refractivity contribution < 1.29 is 13.7 Å². The van der Waals surface area contributed by atoms with Gasteiger partial charge in [-0.05, 0) is 19.9 Å². The second kappa shape index (κ2) is 6.10. The highest BCUT2D eigenvalue weighted by Gasteiger charge is 2.12. The summed E-state index contributed by atoms with van der Waals surface area (Å²) in [6, 6.07) is 0. The minimum Gasteiger partial charge on any atom is -0.375 e. The zero-order valence-corrected chi connectivity index (χ0v) is 10.2. The van der Waals surface area contributed by atoms with Crippen LogP contribution in [0.3, 0.4) is 0 Å². The molecule has 4 nitrogen and oxygen atoms in total. The molecular formula is C12H15FN2O2. The van der Waals surface area contributed by atoms with Crippen LogP contribution in [0.25, 0.3) is 5.57 Å². The fourth-order valence-electron chi connectivity index (χ4n) is 1.17. The topological polar surface area (TPSA) is 48.2 Å². The van der Waals surface area contributed by atoms with Gasteiger partial charge in [-0.2, -0.15) is 4.98 Å². The Kier molecular flexibility index (Phi) is 4.78. The molecular weight excluding hydrogens is 223 g/mol. The lowest BCUT2D eigenvalue weighted by atomic mass is 10.2. The first-order chi connectivity index (χ1) is 8.08. The van der Waals surface area contributed by atoms with Crippen molar-refractivity contribution in [2.45, 2.75) is 20.5 Å². The first kappa shape index (κ1) is 13.3. The van der Waals surface area contributed by atoms with Gasteiger partial charge in [-0.3, -0.25) is 0 Å². The van der Waals surface area contributed by atoms with Crippen LogP contribution in [0.2, 0.25) is 0 Å². The quantitative estimate of drug-likeness (QED) is 0.740. The lowest BCUT2D eigenvalue weighted by molar-refractivity contribution is 0.151. The number of methoxy groups -OCH3 is 1. The van der Waals surface area contributed by atoms with Gasteiger partial charge in [0.25, 0.3) is 5.89 Å². The predicted molar refractivity (Wildman–Crippen MR) is 62.7 cm³/mol. The molecule has 1 heterocycles. The van der Waals surface area contributed by atoms with Gasteiger partial charge in [0.05, 0.1) is 5.57 Å². The van der Waals surface area contributed by atoms with E-state index in [0.717, 1.165) is 5.57 Å². The molecule has 0 N–H and O–H groups in total. The Balaban J connectivity index is 3.08. The molecule has 0 saturated heterocycles. The summed E-state index contributed by atoms with van der Waals surface area (Å²) < 4.78 is 23.5. The third-order valence-electron chi connectivity index (χ3n) is 1.85. The molecule has 17 heavy (non-hydrogen) atoms. The van der Waals surface area contributed by atoms with Crippen LogP contribution < -0.4 is 0 Å². The number of rotatable bonds is 5. The number of allylic oxidation sites excluding steroid dienone is 5. The molecule has 0 radical (unpaired) electrons. The van der Waals surface area contributed by atoms with Crippen LogP contribution in [0.1, 0.15) is 25.6 Å². The summed E-state index contributed by atoms with van der Waals surface area (Å²) in [4.78, 5) is 4.00. The molecule has 0 aliphatic rings. The van der Waals surface area contributed by atoms with Gasteiger partial charge in [0.1, 0.15) is 12.4 Å². The van der Waals surface area contributed by atoms with Crippen molar-refractivity contribution in [1.82, 2.24) is 10.1 Å². The maximum Gasteiger partial charge on any atom is 0.252 e. The Morgan fingerprint density at radius 2 is 2.24 bits per heavy atom. The van der Waals surface area contributed by atoms with Gasteiger partial charge in [-0.15, -0.1) is 0 Å². The molecule has 0 amide bonds. The summed E-state index contributed by atoms with van der Waals surface area (Å²) in [5.74, 6) is 0.0265. The van der Waals surface area contributed by atoms with Gasteiger partial charge >= 0.3 is 0 Å². The summed E-state index contributed by atoms with van der Waals surface area (Å²) in [7, 11) is 1.51. The van der Waals surface area contributed by atoms with Crippen molar-refractivity contribution in [3.05, 3.63) is 41.8 Å². The second-order valence-corrected chi connectivity index (χ2v) is 3.63. The van der Waals surface area contributed by atoms with E-state index in [9.17, 15) is 4.39 Å². The average molecular weight is 238 g/mol. The van der Waals surface area contributed by atoms with E-state index in [0.29, 0.717) is 5.89 Å². The summed E-state index contributed by atoms with van der Waals surface area (Å²) >= 11 is 0. The largest absolute Gasteiger partial charge is 0.375 e. The number of hydrogen-bond donors (Lipinski definition) is 0. The number of aromatic nitrogens is 2. The molecule has 5 heteroatoms. The van der Waals surface area contributed by atoms with Crippen LogP contribution in [0.4, 0.5) is 4.39 Å². The normalized spacial score (nSPS) is 12.0. The van der Waals surface area contributed by atoms with Gasteiger partial charge in [0, 0.05) is 7.11 Å². The molecule has 0 fully saturated rings. The van der Waals surface area contributed by atoms with E-state index >= 15 is 0 Å². The van der Waals surface area contributed by atoms with Crippen molar-refractivity contribution in [1.29, 1.82) is 0 Å². The van der Waals surface area contributed by atoms with E-state index in [-0.39, 0.29) is 18.0 Å². The van der Waals surface area contributed by atoms with Gasteiger partial charge in [-0.25, -0.2) is 4.39 Å². The zero-order valence-electron chi connectivity index (χ0n) is 10.2. The molecule has 0 aromatic carbocycles. The standard InChI is InChI=1S/C12H15FN2O2/c1-5-9(10(13)6-8(2)3)12-14-11(7-16-4)17-15-12/h5-6H,1,7H2,2-4H3. The highest BCUT2D eigenvalue weighted by Crippen LogP contribution is 2.20. The molecule has 1 aromatic heterocycles. The van der Waals surface area contributed by atoms with Crippen LogP contribution >= 0.6 is 0 Å². The summed E-state index contributed by atoms with van der Waals surface area (Å²) in [6.45, 7) is 7.33. The first-order valence-corrected chi connectivity index (χ1v) is 5.07. The first-order valence-electron chi connectivity index (χ1n) is 5.07. The average Bonchev–Trinajstić information content (AvgIpc) is 2.67. The zero-order chi connectivity index (χ0) is 12.8. The monoisotopic (exact) mass is 238 g/mol. The van der Waals surface area contributed by atoms with E-state index < -0.39 is 5.83 Å². The third kappa shape index (κ3) is 3.64. The number of ether oxygens (including phenoxy) is 1. The maximum atomic E-state index is 13.8. The van der Waals surface area contributed by atoms with Crippen LogP contribution in [-0.2, 0) is 11.3 Å². The van der Waals surface area contributed by atoms with E-state index in [1.807, 2.05) is 0 Å². The molecule has 0 aliphatic heterocycles. The molecule has 0 spiro atoms. The van der Waals surface area contributed by atoms with E-state index in [2.05, 4.69) is 16.7 Å². The van der Waals surface area contributed by atoms with Crippen molar-refractivity contribution in [3.8, 4) is 0 Å². The van der Waals surface area contributed by atoms with E-state index in [1.165, 1.54) is 19.3 Å². The lowest BCUT2D eigenvalue weighted by Crippen LogP contribution is -1.90. The highest BCUT2D eigenvalue weighted by atomic mass is 19.1. The Bertz CT molecular complexity index is 457. The minimum atomic E-state index is -0.440. The SMILES string of the molecule is C=CC(=C(F)C=C(C)C)c1noc(COC)n1. The number of hydrogen-bond acceptors (Lipinski definition) is 4. The Morgan fingerprint density at radius 3 is 2.76 bits per heavy atom. The van der Waals surface area contributed by atoms with E-state index in [4.69, 9.17) is 9.26 Å². The molecule has 92 valence electrons. The maximum absolute atomic E-state index is 13.8. The molecule has 1 aromatic rings. The van der Waals surface area contributed by atoms with Gasteiger partial charge in [0.15, 0.2) is 0 Å². The van der Waals surface area contributed by atoms with Crippen LogP contribution in [0.5, 0.6) is 0 Å². The number of nitrogens with zero attached hydrogens (tertiary/aromatic N) is 2. The van der Waals surface area contributed by atoms with Gasteiger partial charge in [0.2, 0.25) is 5.82 Å². The second-order valence-electron chi connectivity index (χ2n) is 3.63. The Labute approximate surface area is 99.5 Å². The highest BCUT2D eigenvalue weighted by molar-refractivity contribution is 5.72. The molecule has 0 saturated carbocycles. The number of halogens is 1. The minimum absolute atomic E-state index is 0.169. The van der Waals surface area contributed by atoms with Crippen molar-refractivity contribution >= 4 is 5.57 Å². The smallest absolute Gasteiger partial charge is 0.252 e. The fraction of sp³-hybridized carbons (Fsp3) is 0.333. The summed E-state index contributed by atoms with van der Waals surface area (Å²) in [6.07, 6.45) is 2.75. The lowest BCUT2D eigenvalue weighted by Gasteiger charge is -1.96. The summed E-state index contributed by atoms with van der Waals surface area (Å²) in [5.41, 5.74) is 1.04. The molecule has 0 aliphatic carbocycles. The van der Waals surface area contributed by atoms with Crippen molar-refractivity contribution in [3.63, 3.8) is 0 Å². The van der Waals surface area contributed by atoms with Crippen molar-refractivity contribution in [2.24, 2.45) is 0 Å². The van der Waals surface area contributed by atoms with Crippen LogP contribution in [0.15, 0.2) is 34.7 Å². The molecule has 0 atom stereocenters. The van der Waals surface area contributed by atoms with Crippen LogP contribution in [-0.4, -0.2) is 17.3 Å². The predicted octanol–water partition coefficient (Wildman–Crippen LogP) is 3.05. The third-order valence-corrected chi connectivity index (χ3v) is 1.85. The van der Waals surface area contributed by atoms with Gasteiger partial charge < -0.3 is 9.26 Å². The summed E-state index contributed by atoms with van der Waals surface area (Å²) in [5, 5.41) is 3.67. The molecule has 0 unspecified atom stereocenters. The van der Waals surface area contributed by atoms with Crippen molar-refractivity contribution in [2.75, 3.05) is 7.11 Å². The molecule has 0 bridgehead atoms. The van der Waals surface area contributed by atoms with Gasteiger partial charge in [-0.1, -0.05) is 23.4 Å². The Hall–Kier alpha value is -1.75. The molecule has 1 rings (SSSR count). The van der Waals surface area contributed by atoms with E-state index in [1.54, 1.807) is 13.8 Å². The fourth-order valence-corrected chi connectivity index (χ4v) is 1.17.